The van der Waals surface area contributed by atoms with E-state index in [1.807, 2.05) is 0 Å². The third-order valence-corrected chi connectivity index (χ3v) is 2.98. The summed E-state index contributed by atoms with van der Waals surface area (Å²) in [6, 6.07) is 0. The van der Waals surface area contributed by atoms with E-state index in [1.165, 1.54) is 38.8 Å². The molecule has 0 aromatic heterocycles. The average Bonchev–Trinajstić information content (AvgIpc) is 2.17. The second kappa shape index (κ2) is 6.05. The summed E-state index contributed by atoms with van der Waals surface area (Å²) >= 11 is 0. The molecule has 1 heteroatoms. The van der Waals surface area contributed by atoms with Gasteiger partial charge in [-0.2, -0.15) is 0 Å². The molecule has 1 rings (SSSR count). The van der Waals surface area contributed by atoms with Gasteiger partial charge in [0, 0.05) is 13.0 Å². The Bertz CT molecular complexity index is 160. The molecule has 0 atom stereocenters. The van der Waals surface area contributed by atoms with E-state index in [2.05, 4.69) is 17.7 Å². The molecule has 0 aromatic rings. The number of hydrogen-bond acceptors (Lipinski definition) is 1. The summed E-state index contributed by atoms with van der Waals surface area (Å²) in [4.78, 5) is 2.51. The largest absolute Gasteiger partial charge is 0.302 e. The molecule has 13 heavy (non-hydrogen) atoms. The van der Waals surface area contributed by atoms with E-state index in [9.17, 15) is 0 Å². The zero-order chi connectivity index (χ0) is 9.52. The van der Waals surface area contributed by atoms with E-state index in [-0.39, 0.29) is 0 Å². The first-order valence-electron chi connectivity index (χ1n) is 5.52. The molecule has 0 amide bonds. The van der Waals surface area contributed by atoms with Crippen LogP contribution in [-0.4, -0.2) is 24.5 Å². The lowest BCUT2D eigenvalue weighted by Gasteiger charge is -2.31. The van der Waals surface area contributed by atoms with Gasteiger partial charge in [-0.25, -0.2) is 0 Å². The lowest BCUT2D eigenvalue weighted by Crippen LogP contribution is -2.34. The van der Waals surface area contributed by atoms with Gasteiger partial charge in [-0.3, -0.25) is 0 Å². The number of rotatable bonds is 4. The molecule has 1 aliphatic rings. The molecule has 0 aromatic carbocycles. The number of piperidine rings is 1. The van der Waals surface area contributed by atoms with Gasteiger partial charge in [0.05, 0.1) is 0 Å². The van der Waals surface area contributed by atoms with Gasteiger partial charge in [0.1, 0.15) is 0 Å². The summed E-state index contributed by atoms with van der Waals surface area (Å²) in [5.74, 6) is 3.70. The van der Waals surface area contributed by atoms with Crippen molar-refractivity contribution in [3.05, 3.63) is 0 Å². The molecule has 1 fully saturated rings. The summed E-state index contributed by atoms with van der Waals surface area (Å²) in [6.45, 7) is 5.93. The highest BCUT2D eigenvalue weighted by molar-refractivity contribution is 4.85. The van der Waals surface area contributed by atoms with Crippen molar-refractivity contribution in [2.75, 3.05) is 19.6 Å². The van der Waals surface area contributed by atoms with Crippen molar-refractivity contribution in [3.63, 3.8) is 0 Å². The van der Waals surface area contributed by atoms with Crippen molar-refractivity contribution in [3.8, 4) is 12.3 Å². The zero-order valence-electron chi connectivity index (χ0n) is 8.76. The van der Waals surface area contributed by atoms with Crippen molar-refractivity contribution in [1.82, 2.24) is 4.90 Å². The van der Waals surface area contributed by atoms with Crippen LogP contribution in [0, 0.1) is 18.3 Å². The zero-order valence-corrected chi connectivity index (χ0v) is 8.76. The smallest absolute Gasteiger partial charge is 0.0214 e. The predicted molar refractivity (Wildman–Crippen MR) is 57.5 cm³/mol. The van der Waals surface area contributed by atoms with Crippen LogP contribution in [0.1, 0.15) is 39.0 Å². The first kappa shape index (κ1) is 10.6. The number of hydrogen-bond donors (Lipinski definition) is 0. The highest BCUT2D eigenvalue weighted by Gasteiger charge is 2.17. The van der Waals surface area contributed by atoms with E-state index in [0.717, 1.165) is 18.9 Å². The van der Waals surface area contributed by atoms with E-state index in [1.54, 1.807) is 0 Å². The molecular formula is C12H21N. The third-order valence-electron chi connectivity index (χ3n) is 2.98. The average molecular weight is 179 g/mol. The number of nitrogens with zero attached hydrogens (tertiary/aromatic N) is 1. The molecule has 0 radical (unpaired) electrons. The second-order valence-corrected chi connectivity index (χ2v) is 4.03. The normalized spacial score (nSPS) is 20.0. The van der Waals surface area contributed by atoms with Crippen molar-refractivity contribution in [2.24, 2.45) is 5.92 Å². The van der Waals surface area contributed by atoms with Gasteiger partial charge < -0.3 is 4.90 Å². The fourth-order valence-corrected chi connectivity index (χ4v) is 2.13. The molecule has 0 unspecified atom stereocenters. The molecule has 0 bridgehead atoms. The molecule has 0 aliphatic carbocycles. The molecule has 1 aliphatic heterocycles. The van der Waals surface area contributed by atoms with Crippen molar-refractivity contribution >= 4 is 0 Å². The van der Waals surface area contributed by atoms with Crippen LogP contribution in [-0.2, 0) is 0 Å². The topological polar surface area (TPSA) is 3.24 Å². The maximum Gasteiger partial charge on any atom is 0.0214 e. The molecule has 1 nitrogen and oxygen atoms in total. The molecule has 74 valence electrons. The van der Waals surface area contributed by atoms with Crippen LogP contribution < -0.4 is 0 Å². The van der Waals surface area contributed by atoms with Crippen LogP contribution in [0.15, 0.2) is 0 Å². The summed E-state index contributed by atoms with van der Waals surface area (Å²) in [5.41, 5.74) is 0. The Morgan fingerprint density at radius 1 is 1.38 bits per heavy atom. The molecule has 0 saturated carbocycles. The minimum Gasteiger partial charge on any atom is -0.302 e. The van der Waals surface area contributed by atoms with Crippen LogP contribution in [0.3, 0.4) is 0 Å². The van der Waals surface area contributed by atoms with E-state index < -0.39 is 0 Å². The van der Waals surface area contributed by atoms with Gasteiger partial charge in [-0.15, -0.1) is 12.3 Å². The lowest BCUT2D eigenvalue weighted by molar-refractivity contribution is 0.182. The van der Waals surface area contributed by atoms with Gasteiger partial charge in [0.25, 0.3) is 0 Å². The Balaban J connectivity index is 2.12. The van der Waals surface area contributed by atoms with E-state index in [0.29, 0.717) is 0 Å². The maximum atomic E-state index is 5.24. The fourth-order valence-electron chi connectivity index (χ4n) is 2.13. The Kier molecular flexibility index (Phi) is 4.93. The van der Waals surface area contributed by atoms with E-state index in [4.69, 9.17) is 6.42 Å². The molecule has 1 heterocycles. The van der Waals surface area contributed by atoms with Gasteiger partial charge in [-0.05, 0) is 31.8 Å². The Morgan fingerprint density at radius 2 is 2.08 bits per heavy atom. The van der Waals surface area contributed by atoms with Gasteiger partial charge in [0.2, 0.25) is 0 Å². The highest BCUT2D eigenvalue weighted by atomic mass is 15.1. The van der Waals surface area contributed by atoms with Crippen molar-refractivity contribution < 1.29 is 0 Å². The fraction of sp³-hybridized carbons (Fsp3) is 0.833. The van der Waals surface area contributed by atoms with Crippen LogP contribution >= 0.6 is 0 Å². The minimum atomic E-state index is 0.915. The molecule has 0 N–H and O–H groups in total. The SMILES string of the molecule is C#CCCN1CCC(CCC)CC1. The molecule has 1 saturated heterocycles. The quantitative estimate of drug-likeness (QED) is 0.599. The minimum absolute atomic E-state index is 0.915. The molecule has 0 spiro atoms. The summed E-state index contributed by atoms with van der Waals surface area (Å²) in [5, 5.41) is 0. The standard InChI is InChI=1S/C12H21N/c1-3-5-9-13-10-7-12(6-4-2)8-11-13/h1,12H,4-11H2,2H3. The first-order chi connectivity index (χ1) is 6.36. The number of terminal acetylenes is 1. The number of likely N-dealkylation sites (tertiary alicyclic amines) is 1. The Morgan fingerprint density at radius 3 is 2.62 bits per heavy atom. The van der Waals surface area contributed by atoms with Gasteiger partial charge in [-0.1, -0.05) is 19.8 Å². The first-order valence-corrected chi connectivity index (χ1v) is 5.52. The summed E-state index contributed by atoms with van der Waals surface area (Å²) < 4.78 is 0. The highest BCUT2D eigenvalue weighted by Crippen LogP contribution is 2.21. The van der Waals surface area contributed by atoms with Gasteiger partial charge in [0.15, 0.2) is 0 Å². The maximum absolute atomic E-state index is 5.24. The van der Waals surface area contributed by atoms with Crippen LogP contribution in [0.5, 0.6) is 0 Å². The second-order valence-electron chi connectivity index (χ2n) is 4.03. The third kappa shape index (κ3) is 3.83. The lowest BCUT2D eigenvalue weighted by atomic mass is 9.92. The van der Waals surface area contributed by atoms with E-state index >= 15 is 0 Å². The van der Waals surface area contributed by atoms with Crippen LogP contribution in [0.25, 0.3) is 0 Å². The molecular weight excluding hydrogens is 158 g/mol. The summed E-state index contributed by atoms with van der Waals surface area (Å²) in [7, 11) is 0. The Hall–Kier alpha value is -0.480. The van der Waals surface area contributed by atoms with Crippen molar-refractivity contribution in [1.29, 1.82) is 0 Å². The van der Waals surface area contributed by atoms with Crippen LogP contribution in [0.2, 0.25) is 0 Å². The van der Waals surface area contributed by atoms with Crippen LogP contribution in [0.4, 0.5) is 0 Å². The predicted octanol–water partition coefficient (Wildman–Crippen LogP) is 2.52. The monoisotopic (exact) mass is 179 g/mol. The van der Waals surface area contributed by atoms with Crippen molar-refractivity contribution in [2.45, 2.75) is 39.0 Å². The Labute approximate surface area is 82.5 Å². The summed E-state index contributed by atoms with van der Waals surface area (Å²) in [6.07, 6.45) is 11.7. The van der Waals surface area contributed by atoms with Gasteiger partial charge >= 0.3 is 0 Å².